The van der Waals surface area contributed by atoms with Gasteiger partial charge >= 0.3 is 5.69 Å². The molecule has 0 amide bonds. The van der Waals surface area contributed by atoms with Gasteiger partial charge in [0.15, 0.2) is 4.90 Å². The summed E-state index contributed by atoms with van der Waals surface area (Å²) in [7, 11) is -4.25. The second kappa shape index (κ2) is 7.40. The maximum absolute atomic E-state index is 13.4. The number of hydrogen-bond donors (Lipinski definition) is 3. The second-order valence-corrected chi connectivity index (χ2v) is 7.80. The minimum atomic E-state index is -4.25. The molecule has 4 aromatic rings. The number of aromatic amines is 2. The topological polar surface area (TPSA) is 143 Å². The number of rotatable bonds is 5. The zero-order valence-corrected chi connectivity index (χ0v) is 15.9. The molecule has 152 valence electrons. The Hall–Kier alpha value is -4.06. The van der Waals surface area contributed by atoms with Gasteiger partial charge in [0.25, 0.3) is 15.6 Å². The zero-order valence-electron chi connectivity index (χ0n) is 15.0. The minimum Gasteiger partial charge on any atom is -0.313 e. The van der Waals surface area contributed by atoms with Gasteiger partial charge in [0.1, 0.15) is 11.5 Å². The van der Waals surface area contributed by atoms with Crippen molar-refractivity contribution in [1.82, 2.24) is 25.0 Å². The molecule has 0 saturated heterocycles. The van der Waals surface area contributed by atoms with Crippen LogP contribution >= 0.6 is 0 Å². The van der Waals surface area contributed by atoms with Crippen LogP contribution in [0.4, 0.5) is 10.1 Å². The van der Waals surface area contributed by atoms with Crippen molar-refractivity contribution >= 4 is 15.7 Å². The fraction of sp³-hybridized carbons (Fsp3) is 0. The van der Waals surface area contributed by atoms with Gasteiger partial charge in [-0.05, 0) is 30.3 Å². The number of benzene rings is 2. The summed E-state index contributed by atoms with van der Waals surface area (Å²) in [6, 6.07) is 12.1. The van der Waals surface area contributed by atoms with Crippen molar-refractivity contribution in [2.75, 3.05) is 4.72 Å². The lowest BCUT2D eigenvalue weighted by Gasteiger charge is -2.08. The Kier molecular flexibility index (Phi) is 4.75. The van der Waals surface area contributed by atoms with Crippen LogP contribution in [0.15, 0.2) is 75.4 Å². The number of hydrogen-bond acceptors (Lipinski definition) is 6. The maximum Gasteiger partial charge on any atom is 0.325 e. The molecule has 0 fully saturated rings. The molecule has 2 heterocycles. The van der Waals surface area contributed by atoms with Crippen LogP contribution in [0.5, 0.6) is 0 Å². The van der Waals surface area contributed by atoms with Crippen LogP contribution in [0.1, 0.15) is 0 Å². The zero-order chi connectivity index (χ0) is 21.3. The Balaban J connectivity index is 1.63. The van der Waals surface area contributed by atoms with Crippen molar-refractivity contribution in [3.8, 4) is 16.9 Å². The van der Waals surface area contributed by atoms with E-state index in [1.807, 2.05) is 4.98 Å². The summed E-state index contributed by atoms with van der Waals surface area (Å²) in [6.07, 6.45) is 2.38. The molecule has 0 bridgehead atoms. The average Bonchev–Trinajstić information content (AvgIpc) is 3.18. The highest BCUT2D eigenvalue weighted by Gasteiger charge is 2.19. The molecular weight excluding hydrogens is 415 g/mol. The van der Waals surface area contributed by atoms with Gasteiger partial charge in [-0.15, -0.1) is 5.10 Å². The molecule has 2 aromatic carbocycles. The number of anilines is 1. The van der Waals surface area contributed by atoms with E-state index in [1.54, 1.807) is 30.5 Å². The van der Waals surface area contributed by atoms with E-state index in [9.17, 15) is 22.4 Å². The van der Waals surface area contributed by atoms with Gasteiger partial charge in [0, 0.05) is 17.4 Å². The average molecular weight is 428 g/mol. The molecule has 30 heavy (non-hydrogen) atoms. The Morgan fingerprint density at radius 1 is 1.07 bits per heavy atom. The van der Waals surface area contributed by atoms with Crippen molar-refractivity contribution in [2.45, 2.75) is 4.90 Å². The molecule has 10 nitrogen and oxygen atoms in total. The van der Waals surface area contributed by atoms with E-state index in [1.165, 1.54) is 28.9 Å². The first-order chi connectivity index (χ1) is 14.3. The smallest absolute Gasteiger partial charge is 0.313 e. The number of H-pyrrole nitrogens is 2. The van der Waals surface area contributed by atoms with Crippen molar-refractivity contribution in [2.24, 2.45) is 0 Å². The van der Waals surface area contributed by atoms with Gasteiger partial charge in [-0.3, -0.25) is 14.5 Å². The summed E-state index contributed by atoms with van der Waals surface area (Å²) >= 11 is 0. The predicted octanol–water partition coefficient (Wildman–Crippen LogP) is 1.25. The van der Waals surface area contributed by atoms with E-state index in [0.717, 1.165) is 6.20 Å². The summed E-state index contributed by atoms with van der Waals surface area (Å²) in [6.45, 7) is 0. The van der Waals surface area contributed by atoms with E-state index in [0.29, 0.717) is 16.9 Å². The van der Waals surface area contributed by atoms with Crippen LogP contribution in [-0.2, 0) is 10.0 Å². The molecule has 0 radical (unpaired) electrons. The Morgan fingerprint density at radius 2 is 1.87 bits per heavy atom. The summed E-state index contributed by atoms with van der Waals surface area (Å²) in [5.74, 6) is -0.418. The molecule has 3 N–H and O–H groups in total. The van der Waals surface area contributed by atoms with Crippen LogP contribution in [0.2, 0.25) is 0 Å². The highest BCUT2D eigenvalue weighted by atomic mass is 32.2. The molecule has 0 saturated carbocycles. The SMILES string of the molecule is O=c1[nH]cc(S(=O)(=O)Nc2cccc(-c3cn(-c4cccc(F)c4)nn3)c2)c(=O)[nH]1. The first kappa shape index (κ1) is 19.3. The highest BCUT2D eigenvalue weighted by molar-refractivity contribution is 7.92. The lowest BCUT2D eigenvalue weighted by Crippen LogP contribution is -2.29. The predicted molar refractivity (Wildman–Crippen MR) is 105 cm³/mol. The van der Waals surface area contributed by atoms with Gasteiger partial charge in [0.2, 0.25) is 0 Å². The molecule has 0 aliphatic heterocycles. The van der Waals surface area contributed by atoms with E-state index >= 15 is 0 Å². The first-order valence-electron chi connectivity index (χ1n) is 8.45. The molecule has 2 aromatic heterocycles. The van der Waals surface area contributed by atoms with Crippen LogP contribution in [0, 0.1) is 5.82 Å². The second-order valence-electron chi connectivity index (χ2n) is 6.15. The monoisotopic (exact) mass is 428 g/mol. The highest BCUT2D eigenvalue weighted by Crippen LogP contribution is 2.23. The van der Waals surface area contributed by atoms with E-state index in [4.69, 9.17) is 0 Å². The third kappa shape index (κ3) is 3.89. The van der Waals surface area contributed by atoms with Crippen LogP contribution in [-0.4, -0.2) is 33.4 Å². The maximum atomic E-state index is 13.4. The summed E-state index contributed by atoms with van der Waals surface area (Å²) in [4.78, 5) is 26.2. The quantitative estimate of drug-likeness (QED) is 0.437. The van der Waals surface area contributed by atoms with Crippen LogP contribution in [0.3, 0.4) is 0 Å². The van der Waals surface area contributed by atoms with Crippen LogP contribution in [0.25, 0.3) is 16.9 Å². The van der Waals surface area contributed by atoms with Gasteiger partial charge in [0.05, 0.1) is 11.9 Å². The number of halogens is 1. The van der Waals surface area contributed by atoms with Gasteiger partial charge in [-0.1, -0.05) is 23.4 Å². The van der Waals surface area contributed by atoms with E-state index in [2.05, 4.69) is 20.0 Å². The minimum absolute atomic E-state index is 0.165. The van der Waals surface area contributed by atoms with Crippen molar-refractivity contribution < 1.29 is 12.8 Å². The molecule has 0 atom stereocenters. The Morgan fingerprint density at radius 3 is 2.63 bits per heavy atom. The summed E-state index contributed by atoms with van der Waals surface area (Å²) < 4.78 is 42.0. The van der Waals surface area contributed by atoms with E-state index < -0.39 is 32.0 Å². The molecular formula is C18H13FN6O4S. The Labute approximate surface area is 168 Å². The fourth-order valence-electron chi connectivity index (χ4n) is 2.69. The van der Waals surface area contributed by atoms with Gasteiger partial charge in [-0.25, -0.2) is 22.3 Å². The summed E-state index contributed by atoms with van der Waals surface area (Å²) in [5, 5.41) is 7.99. The van der Waals surface area contributed by atoms with Gasteiger partial charge < -0.3 is 4.98 Å². The fourth-order valence-corrected chi connectivity index (χ4v) is 3.75. The summed E-state index contributed by atoms with van der Waals surface area (Å²) in [5.41, 5.74) is -0.264. The number of nitrogens with one attached hydrogen (secondary N) is 3. The Bertz CT molecular complexity index is 1460. The van der Waals surface area contributed by atoms with E-state index in [-0.39, 0.29) is 5.69 Å². The normalized spacial score (nSPS) is 11.4. The molecule has 0 aliphatic rings. The third-order valence-electron chi connectivity index (χ3n) is 4.05. The molecule has 0 spiro atoms. The molecule has 0 aliphatic carbocycles. The van der Waals surface area contributed by atoms with Crippen molar-refractivity contribution in [3.05, 3.63) is 87.6 Å². The molecule has 4 rings (SSSR count). The van der Waals surface area contributed by atoms with Crippen molar-refractivity contribution in [3.63, 3.8) is 0 Å². The molecule has 0 unspecified atom stereocenters. The lowest BCUT2D eigenvalue weighted by atomic mass is 10.1. The van der Waals surface area contributed by atoms with Crippen LogP contribution < -0.4 is 16.0 Å². The molecule has 12 heteroatoms. The van der Waals surface area contributed by atoms with Gasteiger partial charge in [-0.2, -0.15) is 0 Å². The number of aromatic nitrogens is 5. The van der Waals surface area contributed by atoms with Crippen molar-refractivity contribution in [1.29, 1.82) is 0 Å². The number of sulfonamides is 1. The lowest BCUT2D eigenvalue weighted by molar-refractivity contribution is 0.599. The third-order valence-corrected chi connectivity index (χ3v) is 5.44. The first-order valence-corrected chi connectivity index (χ1v) is 9.94. The standard InChI is InChI=1S/C18H13FN6O4S/c19-12-4-2-6-14(8-12)25-10-15(22-24-25)11-3-1-5-13(7-11)23-30(28,29)16-9-20-18(27)21-17(16)26/h1-10,23H,(H2,20,21,26,27). The largest absolute Gasteiger partial charge is 0.325 e. The number of nitrogens with zero attached hydrogens (tertiary/aromatic N) is 3.